The van der Waals surface area contributed by atoms with E-state index in [0.717, 1.165) is 17.8 Å². The highest BCUT2D eigenvalue weighted by Crippen LogP contribution is 2.07. The SMILES string of the molecule is [CH2]c1nn[nH]c1Cc1ccccc1. The molecule has 0 aliphatic rings. The molecule has 65 valence electrons. The second-order valence-corrected chi connectivity index (χ2v) is 2.90. The Morgan fingerprint density at radius 3 is 2.62 bits per heavy atom. The van der Waals surface area contributed by atoms with Gasteiger partial charge in [-0.25, -0.2) is 0 Å². The minimum absolute atomic E-state index is 0.726. The van der Waals surface area contributed by atoms with Crippen LogP contribution in [0, 0.1) is 6.92 Å². The van der Waals surface area contributed by atoms with Gasteiger partial charge in [0.1, 0.15) is 0 Å². The van der Waals surface area contributed by atoms with Crippen molar-refractivity contribution in [3.8, 4) is 0 Å². The standard InChI is InChI=1S/C10H10N3/c1-8-10(12-13-11-8)7-9-5-3-2-4-6-9/h2-6H,1,7H2,(H,11,12,13). The molecule has 0 bridgehead atoms. The van der Waals surface area contributed by atoms with E-state index in [4.69, 9.17) is 0 Å². The smallest absolute Gasteiger partial charge is 0.0863 e. The van der Waals surface area contributed by atoms with Crippen LogP contribution in [0.5, 0.6) is 0 Å². The van der Waals surface area contributed by atoms with E-state index in [1.54, 1.807) is 0 Å². The van der Waals surface area contributed by atoms with Gasteiger partial charge in [0.15, 0.2) is 0 Å². The van der Waals surface area contributed by atoms with Crippen LogP contribution in [-0.4, -0.2) is 15.4 Å². The molecule has 2 rings (SSSR count). The maximum atomic E-state index is 3.80. The minimum atomic E-state index is 0.726. The van der Waals surface area contributed by atoms with E-state index in [9.17, 15) is 0 Å². The third-order valence-corrected chi connectivity index (χ3v) is 1.93. The number of nitrogens with zero attached hydrogens (tertiary/aromatic N) is 2. The van der Waals surface area contributed by atoms with Gasteiger partial charge in [0.25, 0.3) is 0 Å². The molecule has 0 unspecified atom stereocenters. The van der Waals surface area contributed by atoms with Crippen molar-refractivity contribution in [3.05, 3.63) is 54.2 Å². The number of H-pyrrole nitrogens is 1. The van der Waals surface area contributed by atoms with Crippen molar-refractivity contribution in [2.45, 2.75) is 6.42 Å². The number of aromatic nitrogens is 3. The van der Waals surface area contributed by atoms with E-state index >= 15 is 0 Å². The lowest BCUT2D eigenvalue weighted by atomic mass is 10.1. The van der Waals surface area contributed by atoms with Crippen LogP contribution in [0.15, 0.2) is 30.3 Å². The number of aromatic amines is 1. The van der Waals surface area contributed by atoms with E-state index in [1.807, 2.05) is 18.2 Å². The molecule has 0 spiro atoms. The Balaban J connectivity index is 2.20. The van der Waals surface area contributed by atoms with Gasteiger partial charge in [-0.3, -0.25) is 5.10 Å². The molecule has 0 aliphatic heterocycles. The lowest BCUT2D eigenvalue weighted by Crippen LogP contribution is -1.90. The third-order valence-electron chi connectivity index (χ3n) is 1.93. The fraction of sp³-hybridized carbons (Fsp3) is 0.100. The van der Waals surface area contributed by atoms with Gasteiger partial charge in [0.2, 0.25) is 0 Å². The summed E-state index contributed by atoms with van der Waals surface area (Å²) < 4.78 is 0. The Hall–Kier alpha value is -1.64. The van der Waals surface area contributed by atoms with Crippen LogP contribution in [0.25, 0.3) is 0 Å². The molecule has 0 aliphatic carbocycles. The summed E-state index contributed by atoms with van der Waals surface area (Å²) in [6.45, 7) is 3.77. The zero-order valence-electron chi connectivity index (χ0n) is 7.20. The summed E-state index contributed by atoms with van der Waals surface area (Å²) in [4.78, 5) is 0. The number of nitrogens with one attached hydrogen (secondary N) is 1. The van der Waals surface area contributed by atoms with Gasteiger partial charge in [0.05, 0.1) is 11.4 Å². The highest BCUT2D eigenvalue weighted by molar-refractivity contribution is 5.24. The molecular formula is C10H10N3. The van der Waals surface area contributed by atoms with Gasteiger partial charge in [-0.15, -0.1) is 5.10 Å². The van der Waals surface area contributed by atoms with Crippen LogP contribution < -0.4 is 0 Å². The number of benzene rings is 1. The average Bonchev–Trinajstić information content (AvgIpc) is 2.54. The normalized spacial score (nSPS) is 10.2. The fourth-order valence-electron chi connectivity index (χ4n) is 1.21. The van der Waals surface area contributed by atoms with Crippen molar-refractivity contribution in [2.24, 2.45) is 0 Å². The predicted octanol–water partition coefficient (Wildman–Crippen LogP) is 1.58. The summed E-state index contributed by atoms with van der Waals surface area (Å²) in [7, 11) is 0. The van der Waals surface area contributed by atoms with Crippen molar-refractivity contribution in [2.75, 3.05) is 0 Å². The molecule has 1 aromatic heterocycles. The monoisotopic (exact) mass is 172 g/mol. The van der Waals surface area contributed by atoms with Crippen LogP contribution in [-0.2, 0) is 6.42 Å². The van der Waals surface area contributed by atoms with Crippen molar-refractivity contribution < 1.29 is 0 Å². The lowest BCUT2D eigenvalue weighted by molar-refractivity contribution is 0.914. The first-order chi connectivity index (χ1) is 6.36. The van der Waals surface area contributed by atoms with Crippen LogP contribution in [0.3, 0.4) is 0 Å². The molecule has 0 atom stereocenters. The first-order valence-corrected chi connectivity index (χ1v) is 4.12. The molecular weight excluding hydrogens is 162 g/mol. The summed E-state index contributed by atoms with van der Waals surface area (Å²) in [6, 6.07) is 10.2. The molecule has 0 saturated carbocycles. The molecule has 3 nitrogen and oxygen atoms in total. The first kappa shape index (κ1) is 7.98. The van der Waals surface area contributed by atoms with Crippen molar-refractivity contribution >= 4 is 0 Å². The highest BCUT2D eigenvalue weighted by atomic mass is 15.3. The van der Waals surface area contributed by atoms with Gasteiger partial charge < -0.3 is 0 Å². The lowest BCUT2D eigenvalue weighted by Gasteiger charge is -1.97. The van der Waals surface area contributed by atoms with Crippen LogP contribution in [0.1, 0.15) is 17.0 Å². The first-order valence-electron chi connectivity index (χ1n) is 4.12. The molecule has 1 radical (unpaired) electrons. The highest BCUT2D eigenvalue weighted by Gasteiger charge is 2.01. The van der Waals surface area contributed by atoms with E-state index in [-0.39, 0.29) is 0 Å². The molecule has 3 heteroatoms. The Morgan fingerprint density at radius 1 is 1.23 bits per heavy atom. The van der Waals surface area contributed by atoms with Gasteiger partial charge in [-0.05, 0) is 12.5 Å². The topological polar surface area (TPSA) is 41.6 Å². The van der Waals surface area contributed by atoms with Crippen LogP contribution in [0.2, 0.25) is 0 Å². The summed E-state index contributed by atoms with van der Waals surface area (Å²) in [5.41, 5.74) is 2.94. The number of rotatable bonds is 2. The van der Waals surface area contributed by atoms with Gasteiger partial charge in [0, 0.05) is 6.42 Å². The van der Waals surface area contributed by atoms with Crippen LogP contribution in [0.4, 0.5) is 0 Å². The summed E-state index contributed by atoms with van der Waals surface area (Å²) in [5, 5.41) is 10.3. The Labute approximate surface area is 76.8 Å². The zero-order chi connectivity index (χ0) is 9.10. The molecule has 0 saturated heterocycles. The zero-order valence-corrected chi connectivity index (χ0v) is 7.20. The van der Waals surface area contributed by atoms with Gasteiger partial charge in [-0.2, -0.15) is 0 Å². The average molecular weight is 172 g/mol. The molecule has 0 amide bonds. The number of hydrogen-bond acceptors (Lipinski definition) is 2. The predicted molar refractivity (Wildman–Crippen MR) is 50.1 cm³/mol. The van der Waals surface area contributed by atoms with E-state index in [1.165, 1.54) is 5.56 Å². The third kappa shape index (κ3) is 1.75. The van der Waals surface area contributed by atoms with Crippen LogP contribution >= 0.6 is 0 Å². The Morgan fingerprint density at radius 2 is 2.00 bits per heavy atom. The molecule has 1 aromatic carbocycles. The number of hydrogen-bond donors (Lipinski definition) is 1. The molecule has 1 N–H and O–H groups in total. The maximum absolute atomic E-state index is 3.80. The van der Waals surface area contributed by atoms with Crippen molar-refractivity contribution in [3.63, 3.8) is 0 Å². The maximum Gasteiger partial charge on any atom is 0.0863 e. The molecule has 1 heterocycles. The summed E-state index contributed by atoms with van der Waals surface area (Å²) in [6.07, 6.45) is 0.812. The quantitative estimate of drug-likeness (QED) is 0.747. The van der Waals surface area contributed by atoms with Crippen molar-refractivity contribution in [1.82, 2.24) is 15.4 Å². The molecule has 0 fully saturated rings. The second-order valence-electron chi connectivity index (χ2n) is 2.90. The summed E-state index contributed by atoms with van der Waals surface area (Å²) in [5.74, 6) is 0. The Bertz CT molecular complexity index is 378. The van der Waals surface area contributed by atoms with E-state index in [0.29, 0.717) is 0 Å². The van der Waals surface area contributed by atoms with Gasteiger partial charge >= 0.3 is 0 Å². The van der Waals surface area contributed by atoms with E-state index in [2.05, 4.69) is 34.5 Å². The second kappa shape index (κ2) is 3.39. The molecule has 2 aromatic rings. The van der Waals surface area contributed by atoms with Gasteiger partial charge in [-0.1, -0.05) is 35.5 Å². The summed E-state index contributed by atoms with van der Waals surface area (Å²) >= 11 is 0. The minimum Gasteiger partial charge on any atom is -0.262 e. The largest absolute Gasteiger partial charge is 0.262 e. The molecule has 13 heavy (non-hydrogen) atoms. The Kier molecular flexibility index (Phi) is 2.08. The van der Waals surface area contributed by atoms with E-state index < -0.39 is 0 Å². The van der Waals surface area contributed by atoms with Crippen molar-refractivity contribution in [1.29, 1.82) is 0 Å². The fourth-order valence-corrected chi connectivity index (χ4v) is 1.21.